The average molecular weight is 250 g/mol. The van der Waals surface area contributed by atoms with Gasteiger partial charge in [-0.25, -0.2) is 4.39 Å². The number of rotatable bonds is 4. The molecule has 1 atom stereocenters. The molecule has 0 radical (unpaired) electrons. The quantitative estimate of drug-likeness (QED) is 0.743. The highest BCUT2D eigenvalue weighted by Crippen LogP contribution is 2.25. The second kappa shape index (κ2) is 5.78. The van der Waals surface area contributed by atoms with Crippen molar-refractivity contribution in [2.45, 2.75) is 18.2 Å². The second-order valence-corrected chi connectivity index (χ2v) is 4.41. The summed E-state index contributed by atoms with van der Waals surface area (Å²) in [5, 5.41) is -0.0798. The van der Waals surface area contributed by atoms with Gasteiger partial charge < -0.3 is 0 Å². The highest BCUT2D eigenvalue weighted by Gasteiger charge is 2.09. The Bertz CT molecular complexity index is 473. The maximum Gasteiger partial charge on any atom is 0.144 e. The molecule has 2 aromatic rings. The fraction of sp³-hybridized carbons (Fsp3) is 0.214. The summed E-state index contributed by atoms with van der Waals surface area (Å²) in [6, 6.07) is 11.5. The molecule has 17 heavy (non-hydrogen) atoms. The van der Waals surface area contributed by atoms with Crippen LogP contribution in [0.1, 0.15) is 22.9 Å². The number of pyridine rings is 1. The topological polar surface area (TPSA) is 12.9 Å². The fourth-order valence-electron chi connectivity index (χ4n) is 1.72. The van der Waals surface area contributed by atoms with Gasteiger partial charge >= 0.3 is 0 Å². The van der Waals surface area contributed by atoms with Gasteiger partial charge in [0, 0.05) is 6.20 Å². The molecule has 88 valence electrons. The molecule has 0 aliphatic heterocycles. The lowest BCUT2D eigenvalue weighted by molar-refractivity contribution is 0.596. The van der Waals surface area contributed by atoms with E-state index in [9.17, 15) is 4.39 Å². The summed E-state index contributed by atoms with van der Waals surface area (Å²) in [5.74, 6) is -0.260. The first-order valence-corrected chi connectivity index (χ1v) is 5.98. The number of hydrogen-bond acceptors (Lipinski definition) is 1. The van der Waals surface area contributed by atoms with E-state index in [1.54, 1.807) is 12.3 Å². The van der Waals surface area contributed by atoms with E-state index in [0.717, 1.165) is 5.56 Å². The van der Waals surface area contributed by atoms with Crippen molar-refractivity contribution in [3.8, 4) is 0 Å². The minimum atomic E-state index is -0.260. The molecule has 0 saturated carbocycles. The number of aromatic nitrogens is 1. The van der Waals surface area contributed by atoms with Gasteiger partial charge in [-0.1, -0.05) is 30.3 Å². The molecule has 1 aromatic carbocycles. The third-order valence-electron chi connectivity index (χ3n) is 2.68. The van der Waals surface area contributed by atoms with Crippen molar-refractivity contribution in [2.75, 3.05) is 0 Å². The number of halogens is 2. The van der Waals surface area contributed by atoms with Crippen LogP contribution in [0, 0.1) is 5.82 Å². The lowest BCUT2D eigenvalue weighted by Crippen LogP contribution is -1.96. The first kappa shape index (κ1) is 12.1. The third kappa shape index (κ3) is 3.27. The monoisotopic (exact) mass is 249 g/mol. The van der Waals surface area contributed by atoms with Crippen LogP contribution in [-0.4, -0.2) is 4.98 Å². The average Bonchev–Trinajstić information content (AvgIpc) is 2.38. The van der Waals surface area contributed by atoms with Crippen molar-refractivity contribution >= 4 is 11.6 Å². The van der Waals surface area contributed by atoms with Crippen LogP contribution in [-0.2, 0) is 6.42 Å². The number of hydrogen-bond donors (Lipinski definition) is 0. The number of nitrogens with zero attached hydrogens (tertiary/aromatic N) is 1. The normalized spacial score (nSPS) is 12.4. The van der Waals surface area contributed by atoms with Crippen LogP contribution < -0.4 is 0 Å². The maximum absolute atomic E-state index is 13.3. The lowest BCUT2D eigenvalue weighted by atomic mass is 10.0. The number of benzene rings is 1. The zero-order valence-electron chi connectivity index (χ0n) is 9.31. The van der Waals surface area contributed by atoms with E-state index in [-0.39, 0.29) is 11.2 Å². The fourth-order valence-corrected chi connectivity index (χ4v) is 1.97. The molecule has 0 spiro atoms. The zero-order valence-corrected chi connectivity index (χ0v) is 10.1. The van der Waals surface area contributed by atoms with Crippen molar-refractivity contribution in [1.29, 1.82) is 0 Å². The van der Waals surface area contributed by atoms with Gasteiger partial charge in [0.25, 0.3) is 0 Å². The molecular weight excluding hydrogens is 237 g/mol. The first-order valence-electron chi connectivity index (χ1n) is 5.55. The molecule has 1 unspecified atom stereocenters. The highest BCUT2D eigenvalue weighted by molar-refractivity contribution is 6.20. The molecule has 0 amide bonds. The Balaban J connectivity index is 1.97. The van der Waals surface area contributed by atoms with E-state index in [0.29, 0.717) is 18.4 Å². The molecule has 1 nitrogen and oxygen atoms in total. The molecule has 0 saturated heterocycles. The Morgan fingerprint density at radius 2 is 1.94 bits per heavy atom. The van der Waals surface area contributed by atoms with Crippen LogP contribution in [0.2, 0.25) is 0 Å². The first-order chi connectivity index (χ1) is 8.27. The third-order valence-corrected chi connectivity index (χ3v) is 3.16. The number of aryl methyl sites for hydroxylation is 1. The summed E-state index contributed by atoms with van der Waals surface area (Å²) < 4.78 is 13.3. The predicted molar refractivity (Wildman–Crippen MR) is 67.6 cm³/mol. The molecule has 3 heteroatoms. The summed E-state index contributed by atoms with van der Waals surface area (Å²) in [6.07, 6.45) is 4.18. The maximum atomic E-state index is 13.3. The van der Waals surface area contributed by atoms with Crippen molar-refractivity contribution in [3.05, 3.63) is 65.7 Å². The Morgan fingerprint density at radius 1 is 1.18 bits per heavy atom. The van der Waals surface area contributed by atoms with E-state index in [1.807, 2.05) is 30.3 Å². The molecule has 0 fully saturated rings. The van der Waals surface area contributed by atoms with Gasteiger partial charge in [0.1, 0.15) is 5.82 Å². The largest absolute Gasteiger partial charge is 0.262 e. The zero-order chi connectivity index (χ0) is 12.1. The minimum absolute atomic E-state index is 0.0798. The minimum Gasteiger partial charge on any atom is -0.262 e. The van der Waals surface area contributed by atoms with Crippen molar-refractivity contribution in [1.82, 2.24) is 4.98 Å². The molecular formula is C14H13ClFN. The van der Waals surface area contributed by atoms with Crippen LogP contribution in [0.15, 0.2) is 48.8 Å². The highest BCUT2D eigenvalue weighted by atomic mass is 35.5. The van der Waals surface area contributed by atoms with Crippen LogP contribution in [0.4, 0.5) is 4.39 Å². The lowest BCUT2D eigenvalue weighted by Gasteiger charge is -2.09. The van der Waals surface area contributed by atoms with Crippen molar-refractivity contribution in [3.63, 3.8) is 0 Å². The van der Waals surface area contributed by atoms with E-state index in [1.165, 1.54) is 6.20 Å². The van der Waals surface area contributed by atoms with Gasteiger partial charge in [-0.3, -0.25) is 4.98 Å². The Hall–Kier alpha value is -1.41. The predicted octanol–water partition coefficient (Wildman–Crippen LogP) is 4.13. The summed E-state index contributed by atoms with van der Waals surface area (Å²) in [7, 11) is 0. The van der Waals surface area contributed by atoms with E-state index >= 15 is 0 Å². The SMILES string of the molecule is Fc1cnccc1CCC(Cl)c1ccccc1. The van der Waals surface area contributed by atoms with Crippen LogP contribution in [0.3, 0.4) is 0 Å². The van der Waals surface area contributed by atoms with Crippen LogP contribution >= 0.6 is 11.6 Å². The molecule has 0 aliphatic carbocycles. The molecule has 1 aromatic heterocycles. The summed E-state index contributed by atoms with van der Waals surface area (Å²) in [4.78, 5) is 3.72. The molecule has 0 aliphatic rings. The van der Waals surface area contributed by atoms with Gasteiger partial charge in [0.15, 0.2) is 0 Å². The molecule has 2 rings (SSSR count). The molecule has 0 N–H and O–H groups in total. The van der Waals surface area contributed by atoms with Gasteiger partial charge in [-0.15, -0.1) is 11.6 Å². The van der Waals surface area contributed by atoms with E-state index < -0.39 is 0 Å². The molecule has 1 heterocycles. The Labute approximate surface area is 105 Å². The Kier molecular flexibility index (Phi) is 4.10. The number of alkyl halides is 1. The van der Waals surface area contributed by atoms with E-state index in [4.69, 9.17) is 11.6 Å². The van der Waals surface area contributed by atoms with E-state index in [2.05, 4.69) is 4.98 Å². The van der Waals surface area contributed by atoms with Crippen LogP contribution in [0.5, 0.6) is 0 Å². The van der Waals surface area contributed by atoms with Gasteiger partial charge in [-0.05, 0) is 30.0 Å². The smallest absolute Gasteiger partial charge is 0.144 e. The molecule has 0 bridgehead atoms. The standard InChI is InChI=1S/C14H13ClFN/c15-13(11-4-2-1-3-5-11)7-6-12-8-9-17-10-14(12)16/h1-5,8-10,13H,6-7H2. The van der Waals surface area contributed by atoms with Gasteiger partial charge in [-0.2, -0.15) is 0 Å². The van der Waals surface area contributed by atoms with Crippen molar-refractivity contribution < 1.29 is 4.39 Å². The second-order valence-electron chi connectivity index (χ2n) is 3.88. The van der Waals surface area contributed by atoms with Crippen molar-refractivity contribution in [2.24, 2.45) is 0 Å². The van der Waals surface area contributed by atoms with Gasteiger partial charge in [0.2, 0.25) is 0 Å². The Morgan fingerprint density at radius 3 is 2.65 bits per heavy atom. The summed E-state index contributed by atoms with van der Waals surface area (Å²) in [6.45, 7) is 0. The summed E-state index contributed by atoms with van der Waals surface area (Å²) in [5.41, 5.74) is 1.74. The van der Waals surface area contributed by atoms with Gasteiger partial charge in [0.05, 0.1) is 11.6 Å². The summed E-state index contributed by atoms with van der Waals surface area (Å²) >= 11 is 6.27. The van der Waals surface area contributed by atoms with Crippen LogP contribution in [0.25, 0.3) is 0 Å².